The molecule has 1 saturated carbocycles. The summed E-state index contributed by atoms with van der Waals surface area (Å²) in [4.78, 5) is 24.7. The molecule has 0 bridgehead atoms. The topological polar surface area (TPSA) is 127 Å². The molecular formula is C19H26N4O5S3. The van der Waals surface area contributed by atoms with Crippen molar-refractivity contribution in [2.24, 2.45) is 0 Å². The van der Waals surface area contributed by atoms with Gasteiger partial charge in [0.15, 0.2) is 6.61 Å². The van der Waals surface area contributed by atoms with Crippen LogP contribution < -0.4 is 10.0 Å². The number of hydrogen-bond acceptors (Lipinski definition) is 9. The number of nitrogens with zero attached hydrogens (tertiary/aromatic N) is 2. The van der Waals surface area contributed by atoms with E-state index in [1.54, 1.807) is 12.1 Å². The fraction of sp³-hybridized carbons (Fsp3) is 0.579. The van der Waals surface area contributed by atoms with Gasteiger partial charge in [0.1, 0.15) is 22.0 Å². The normalized spacial score (nSPS) is 16.2. The summed E-state index contributed by atoms with van der Waals surface area (Å²) >= 11 is 2.39. The number of fused-ring (bicyclic) bond motifs is 1. The molecule has 0 spiro atoms. The highest BCUT2D eigenvalue weighted by Gasteiger charge is 2.29. The number of nitrogens with one attached hydrogen (secondary N) is 2. The number of thioether (sulfide) groups is 1. The second kappa shape index (κ2) is 11.2. The number of benzene rings is 1. The molecule has 31 heavy (non-hydrogen) atoms. The number of carbonyl (C=O) groups excluding carboxylic acids is 2. The van der Waals surface area contributed by atoms with Crippen LogP contribution in [0.1, 0.15) is 38.5 Å². The van der Waals surface area contributed by atoms with Crippen LogP contribution in [0.25, 0.3) is 11.0 Å². The summed E-state index contributed by atoms with van der Waals surface area (Å²) in [5.74, 6) is -0.607. The van der Waals surface area contributed by atoms with E-state index in [1.807, 2.05) is 6.26 Å². The number of rotatable bonds is 10. The molecule has 3 rings (SSSR count). The molecule has 2 aromatic rings. The molecule has 0 aliphatic heterocycles. The molecule has 12 heteroatoms. The third kappa shape index (κ3) is 6.61. The number of esters is 1. The molecule has 9 nitrogen and oxygen atoms in total. The Kier molecular flexibility index (Phi) is 8.64. The molecule has 1 aliphatic carbocycles. The number of aromatic nitrogens is 2. The van der Waals surface area contributed by atoms with Crippen LogP contribution in [-0.4, -0.2) is 59.7 Å². The van der Waals surface area contributed by atoms with E-state index in [1.165, 1.54) is 24.2 Å². The van der Waals surface area contributed by atoms with Gasteiger partial charge in [-0.2, -0.15) is 25.2 Å². The lowest BCUT2D eigenvalue weighted by Crippen LogP contribution is -2.44. The Morgan fingerprint density at radius 1 is 1.26 bits per heavy atom. The van der Waals surface area contributed by atoms with Gasteiger partial charge in [0.2, 0.25) is 10.0 Å². The fourth-order valence-electron chi connectivity index (χ4n) is 3.46. The van der Waals surface area contributed by atoms with Crippen molar-refractivity contribution in [3.63, 3.8) is 0 Å². The Hall–Kier alpha value is -1.76. The highest BCUT2D eigenvalue weighted by Crippen LogP contribution is 2.22. The zero-order valence-electron chi connectivity index (χ0n) is 17.2. The van der Waals surface area contributed by atoms with E-state index < -0.39 is 28.6 Å². The second-order valence-electron chi connectivity index (χ2n) is 7.35. The van der Waals surface area contributed by atoms with Crippen LogP contribution in [0.3, 0.4) is 0 Å². The van der Waals surface area contributed by atoms with Gasteiger partial charge in [-0.3, -0.25) is 9.59 Å². The largest absolute Gasteiger partial charge is 0.454 e. The first-order valence-electron chi connectivity index (χ1n) is 10.1. The van der Waals surface area contributed by atoms with Gasteiger partial charge in [-0.1, -0.05) is 25.3 Å². The van der Waals surface area contributed by atoms with E-state index in [-0.39, 0.29) is 28.8 Å². The maximum Gasteiger partial charge on any atom is 0.324 e. The van der Waals surface area contributed by atoms with E-state index in [4.69, 9.17) is 4.74 Å². The van der Waals surface area contributed by atoms with Crippen molar-refractivity contribution >= 4 is 56.4 Å². The molecule has 2 N–H and O–H groups in total. The van der Waals surface area contributed by atoms with Gasteiger partial charge in [0.05, 0.1) is 11.7 Å². The van der Waals surface area contributed by atoms with E-state index in [9.17, 15) is 18.0 Å². The van der Waals surface area contributed by atoms with E-state index >= 15 is 0 Å². The van der Waals surface area contributed by atoms with Crippen LogP contribution >= 0.6 is 23.5 Å². The van der Waals surface area contributed by atoms with Gasteiger partial charge in [-0.25, -0.2) is 8.42 Å². The van der Waals surface area contributed by atoms with Crippen molar-refractivity contribution in [3.8, 4) is 0 Å². The van der Waals surface area contributed by atoms with Gasteiger partial charge in [-0.15, -0.1) is 0 Å². The van der Waals surface area contributed by atoms with Crippen LogP contribution in [0.2, 0.25) is 0 Å². The summed E-state index contributed by atoms with van der Waals surface area (Å²) in [5.41, 5.74) is 0.722. The Labute approximate surface area is 190 Å². The molecule has 1 aliphatic rings. The third-order valence-corrected chi connectivity index (χ3v) is 7.74. The van der Waals surface area contributed by atoms with Crippen LogP contribution in [0.5, 0.6) is 0 Å². The van der Waals surface area contributed by atoms with Crippen molar-refractivity contribution in [1.82, 2.24) is 18.8 Å². The minimum atomic E-state index is -4.05. The highest BCUT2D eigenvalue weighted by molar-refractivity contribution is 7.98. The summed E-state index contributed by atoms with van der Waals surface area (Å²) in [6.07, 6.45) is 7.25. The lowest BCUT2D eigenvalue weighted by atomic mass is 9.95. The van der Waals surface area contributed by atoms with Crippen molar-refractivity contribution < 1.29 is 22.7 Å². The molecule has 1 unspecified atom stereocenters. The maximum atomic E-state index is 13.0. The summed E-state index contributed by atoms with van der Waals surface area (Å²) in [5, 5.41) is 2.87. The molecule has 1 heterocycles. The van der Waals surface area contributed by atoms with Crippen molar-refractivity contribution in [1.29, 1.82) is 0 Å². The Morgan fingerprint density at radius 3 is 2.77 bits per heavy atom. The summed E-state index contributed by atoms with van der Waals surface area (Å²) in [6.45, 7) is -0.432. The number of amides is 1. The van der Waals surface area contributed by atoms with Gasteiger partial charge < -0.3 is 10.1 Å². The van der Waals surface area contributed by atoms with Crippen molar-refractivity contribution in [2.75, 3.05) is 18.6 Å². The Balaban J connectivity index is 1.64. The highest BCUT2D eigenvalue weighted by atomic mass is 32.2. The summed E-state index contributed by atoms with van der Waals surface area (Å²) < 4.78 is 41.6. The smallest absolute Gasteiger partial charge is 0.324 e. The maximum absolute atomic E-state index is 13.0. The summed E-state index contributed by atoms with van der Waals surface area (Å²) in [6, 6.07) is 3.66. The molecular weight excluding hydrogens is 460 g/mol. The van der Waals surface area contributed by atoms with Crippen LogP contribution in [0, 0.1) is 0 Å². The third-order valence-electron chi connectivity index (χ3n) is 5.05. The number of sulfonamides is 1. The minimum Gasteiger partial charge on any atom is -0.454 e. The number of carbonyl (C=O) groups is 2. The molecule has 170 valence electrons. The molecule has 1 amide bonds. The molecule has 1 aromatic carbocycles. The van der Waals surface area contributed by atoms with Crippen molar-refractivity contribution in [3.05, 3.63) is 18.2 Å². The summed E-state index contributed by atoms with van der Waals surface area (Å²) in [7, 11) is -4.05. The zero-order chi connectivity index (χ0) is 22.3. The number of hydrogen-bond donors (Lipinski definition) is 2. The monoisotopic (exact) mass is 486 g/mol. The van der Waals surface area contributed by atoms with Crippen molar-refractivity contribution in [2.45, 2.75) is 55.5 Å². The molecule has 1 aromatic heterocycles. The molecule has 0 saturated heterocycles. The van der Waals surface area contributed by atoms with E-state index in [2.05, 4.69) is 18.8 Å². The Morgan fingerprint density at radius 2 is 2.03 bits per heavy atom. The Bertz CT molecular complexity index is 1000. The van der Waals surface area contributed by atoms with Gasteiger partial charge in [-0.05, 0) is 43.4 Å². The van der Waals surface area contributed by atoms with E-state index in [0.717, 1.165) is 37.4 Å². The predicted octanol–water partition coefficient (Wildman–Crippen LogP) is 2.08. The van der Waals surface area contributed by atoms with Crippen LogP contribution in [0.15, 0.2) is 23.1 Å². The number of ether oxygens (including phenoxy) is 1. The molecule has 0 radical (unpaired) electrons. The average molecular weight is 487 g/mol. The van der Waals surface area contributed by atoms with Gasteiger partial charge in [0, 0.05) is 6.04 Å². The van der Waals surface area contributed by atoms with Crippen LogP contribution in [0.4, 0.5) is 0 Å². The first-order valence-corrected chi connectivity index (χ1v) is 13.7. The average Bonchev–Trinajstić information content (AvgIpc) is 3.24. The lowest BCUT2D eigenvalue weighted by Gasteiger charge is -2.23. The minimum absolute atomic E-state index is 0.0456. The fourth-order valence-corrected chi connectivity index (χ4v) is 5.92. The zero-order valence-corrected chi connectivity index (χ0v) is 19.7. The molecule has 1 fully saturated rings. The van der Waals surface area contributed by atoms with E-state index in [0.29, 0.717) is 11.3 Å². The second-order valence-corrected chi connectivity index (χ2v) is 10.6. The van der Waals surface area contributed by atoms with Crippen LogP contribution in [-0.2, 0) is 24.3 Å². The van der Waals surface area contributed by atoms with Gasteiger partial charge in [0.25, 0.3) is 5.91 Å². The van der Waals surface area contributed by atoms with Gasteiger partial charge >= 0.3 is 5.97 Å². The lowest BCUT2D eigenvalue weighted by molar-refractivity contribution is -0.150. The standard InChI is InChI=1S/C19H26N4O5S3/c1-29-11-10-15(19(25)28-12-17(24)20-13-6-3-2-4-7-13)23-31(26,27)16-9-5-8-14-18(16)22-30-21-14/h5,8-9,13,15,23H,2-4,6-7,10-12H2,1H3,(H,20,24). The quantitative estimate of drug-likeness (QED) is 0.489. The first-order chi connectivity index (χ1) is 14.9. The SMILES string of the molecule is CSCCC(NS(=O)(=O)c1cccc2nsnc12)C(=O)OCC(=O)NC1CCCCC1. The first kappa shape index (κ1) is 23.9. The predicted molar refractivity (Wildman–Crippen MR) is 120 cm³/mol. The molecule has 1 atom stereocenters.